The largest absolute Gasteiger partial charge is 0.343 e. The Labute approximate surface area is 161 Å². The van der Waals surface area contributed by atoms with E-state index in [0.29, 0.717) is 12.2 Å². The average Bonchev–Trinajstić information content (AvgIpc) is 3.10. The minimum Gasteiger partial charge on any atom is -0.343 e. The van der Waals surface area contributed by atoms with E-state index < -0.39 is 0 Å². The number of carbonyl (C=O) groups is 1. The van der Waals surface area contributed by atoms with Crippen LogP contribution in [-0.4, -0.2) is 21.7 Å². The third-order valence-electron chi connectivity index (χ3n) is 4.31. The molecule has 0 saturated carbocycles. The van der Waals surface area contributed by atoms with E-state index in [1.807, 2.05) is 36.5 Å². The van der Waals surface area contributed by atoms with Crippen LogP contribution in [0.25, 0.3) is 10.9 Å². The van der Waals surface area contributed by atoms with Gasteiger partial charge in [-0.1, -0.05) is 24.3 Å². The standard InChI is InChI=1S/C22H17FN4O/c23-19-5-3-4-17(13-19)15-27-11-9-18-12-16(7-8-21(18)27)14-25-26-22(28)20-6-1-2-10-24-20/h1-14H,15H2,(H,26,28)/b25-14+. The summed E-state index contributed by atoms with van der Waals surface area (Å²) in [6, 6.07) is 19.6. The molecule has 6 heteroatoms. The number of halogens is 1. The zero-order valence-corrected chi connectivity index (χ0v) is 14.9. The quantitative estimate of drug-likeness (QED) is 0.425. The molecule has 2 heterocycles. The molecule has 0 aliphatic rings. The fourth-order valence-electron chi connectivity index (χ4n) is 2.99. The molecule has 0 radical (unpaired) electrons. The predicted octanol–water partition coefficient (Wildman–Crippen LogP) is 3.99. The molecule has 0 saturated heterocycles. The summed E-state index contributed by atoms with van der Waals surface area (Å²) in [5, 5.41) is 5.03. The van der Waals surface area contributed by atoms with Crippen molar-refractivity contribution in [1.82, 2.24) is 15.0 Å². The van der Waals surface area contributed by atoms with Crippen molar-refractivity contribution in [2.75, 3.05) is 0 Å². The SMILES string of the molecule is O=C(N/N=C/c1ccc2c(ccn2Cc2cccc(F)c2)c1)c1ccccn1. The number of pyridine rings is 1. The number of fused-ring (bicyclic) bond motifs is 1. The van der Waals surface area contributed by atoms with Gasteiger partial charge in [0.25, 0.3) is 5.91 Å². The van der Waals surface area contributed by atoms with Crippen molar-refractivity contribution >= 4 is 23.0 Å². The van der Waals surface area contributed by atoms with Crippen LogP contribution in [0.15, 0.2) is 84.2 Å². The van der Waals surface area contributed by atoms with Gasteiger partial charge in [0.15, 0.2) is 0 Å². The number of amides is 1. The fraction of sp³-hybridized carbons (Fsp3) is 0.0455. The Morgan fingerprint density at radius 2 is 2.04 bits per heavy atom. The Hall–Kier alpha value is -3.80. The number of carbonyl (C=O) groups excluding carboxylic acids is 1. The van der Waals surface area contributed by atoms with Crippen LogP contribution in [0.4, 0.5) is 4.39 Å². The highest BCUT2D eigenvalue weighted by molar-refractivity contribution is 5.94. The first kappa shape index (κ1) is 17.6. The molecular formula is C22H17FN4O. The van der Waals surface area contributed by atoms with Crippen LogP contribution in [0.5, 0.6) is 0 Å². The van der Waals surface area contributed by atoms with Gasteiger partial charge < -0.3 is 4.57 Å². The van der Waals surface area contributed by atoms with Gasteiger partial charge in [0.05, 0.1) is 6.21 Å². The second kappa shape index (κ2) is 7.84. The second-order valence-corrected chi connectivity index (χ2v) is 6.31. The lowest BCUT2D eigenvalue weighted by molar-refractivity contribution is 0.0950. The zero-order chi connectivity index (χ0) is 19.3. The van der Waals surface area contributed by atoms with E-state index >= 15 is 0 Å². The third-order valence-corrected chi connectivity index (χ3v) is 4.31. The highest BCUT2D eigenvalue weighted by Crippen LogP contribution is 2.19. The smallest absolute Gasteiger partial charge is 0.289 e. The average molecular weight is 372 g/mol. The van der Waals surface area contributed by atoms with Crippen LogP contribution in [0.3, 0.4) is 0 Å². The van der Waals surface area contributed by atoms with E-state index in [9.17, 15) is 9.18 Å². The monoisotopic (exact) mass is 372 g/mol. The fourth-order valence-corrected chi connectivity index (χ4v) is 2.99. The van der Waals surface area contributed by atoms with Crippen LogP contribution in [0.1, 0.15) is 21.6 Å². The molecule has 5 nitrogen and oxygen atoms in total. The number of nitrogens with zero attached hydrogens (tertiary/aromatic N) is 3. The number of aromatic nitrogens is 2. The van der Waals surface area contributed by atoms with Gasteiger partial charge in [0, 0.05) is 29.8 Å². The van der Waals surface area contributed by atoms with Gasteiger partial charge in [0.1, 0.15) is 11.5 Å². The normalized spacial score (nSPS) is 11.2. The van der Waals surface area contributed by atoms with Crippen molar-refractivity contribution in [1.29, 1.82) is 0 Å². The molecule has 28 heavy (non-hydrogen) atoms. The van der Waals surface area contributed by atoms with Crippen molar-refractivity contribution < 1.29 is 9.18 Å². The lowest BCUT2D eigenvalue weighted by atomic mass is 10.1. The van der Waals surface area contributed by atoms with E-state index in [1.54, 1.807) is 36.7 Å². The minimum atomic E-state index is -0.362. The van der Waals surface area contributed by atoms with Crippen LogP contribution >= 0.6 is 0 Å². The minimum absolute atomic E-state index is 0.236. The number of hydrogen-bond donors (Lipinski definition) is 1. The first-order valence-corrected chi connectivity index (χ1v) is 8.77. The Morgan fingerprint density at radius 3 is 2.86 bits per heavy atom. The molecule has 138 valence electrons. The van der Waals surface area contributed by atoms with Crippen molar-refractivity contribution in [3.8, 4) is 0 Å². The Kier molecular flexibility index (Phi) is 4.93. The first-order chi connectivity index (χ1) is 13.7. The Bertz CT molecular complexity index is 1150. The maximum Gasteiger partial charge on any atom is 0.289 e. The van der Waals surface area contributed by atoms with Gasteiger partial charge in [-0.2, -0.15) is 5.10 Å². The maximum atomic E-state index is 13.4. The van der Waals surface area contributed by atoms with Crippen molar-refractivity contribution in [3.63, 3.8) is 0 Å². The van der Waals surface area contributed by atoms with Crippen LogP contribution in [-0.2, 0) is 6.54 Å². The molecule has 0 unspecified atom stereocenters. The van der Waals surface area contributed by atoms with Crippen molar-refractivity contribution in [2.24, 2.45) is 5.10 Å². The molecule has 0 aliphatic carbocycles. The maximum absolute atomic E-state index is 13.4. The molecule has 0 spiro atoms. The van der Waals surface area contributed by atoms with E-state index in [1.165, 1.54) is 12.1 Å². The highest BCUT2D eigenvalue weighted by Gasteiger charge is 2.05. The summed E-state index contributed by atoms with van der Waals surface area (Å²) < 4.78 is 15.5. The molecule has 4 rings (SSSR count). The summed E-state index contributed by atoms with van der Waals surface area (Å²) in [6.07, 6.45) is 5.12. The summed E-state index contributed by atoms with van der Waals surface area (Å²) in [5.41, 5.74) is 5.58. The topological polar surface area (TPSA) is 59.3 Å². The molecular weight excluding hydrogens is 355 g/mol. The van der Waals surface area contributed by atoms with Gasteiger partial charge in [0.2, 0.25) is 0 Å². The van der Waals surface area contributed by atoms with E-state index in [-0.39, 0.29) is 11.7 Å². The van der Waals surface area contributed by atoms with E-state index in [4.69, 9.17) is 0 Å². The Balaban J connectivity index is 1.47. The van der Waals surface area contributed by atoms with Gasteiger partial charge in [-0.15, -0.1) is 0 Å². The lowest BCUT2D eigenvalue weighted by Gasteiger charge is -2.06. The number of nitrogens with one attached hydrogen (secondary N) is 1. The van der Waals surface area contributed by atoms with E-state index in [2.05, 4.69) is 20.1 Å². The van der Waals surface area contributed by atoms with Gasteiger partial charge >= 0.3 is 0 Å². The predicted molar refractivity (Wildman–Crippen MR) is 107 cm³/mol. The van der Waals surface area contributed by atoms with Crippen LogP contribution in [0, 0.1) is 5.82 Å². The number of hydrogen-bond acceptors (Lipinski definition) is 3. The molecule has 0 aliphatic heterocycles. The third kappa shape index (κ3) is 3.96. The molecule has 0 atom stereocenters. The van der Waals surface area contributed by atoms with Gasteiger partial charge in [-0.05, 0) is 53.6 Å². The Morgan fingerprint density at radius 1 is 1.11 bits per heavy atom. The van der Waals surface area contributed by atoms with Gasteiger partial charge in [-0.25, -0.2) is 9.82 Å². The molecule has 1 amide bonds. The van der Waals surface area contributed by atoms with Gasteiger partial charge in [-0.3, -0.25) is 9.78 Å². The summed E-state index contributed by atoms with van der Waals surface area (Å²) in [6.45, 7) is 0.592. The van der Waals surface area contributed by atoms with Crippen LogP contribution < -0.4 is 5.43 Å². The second-order valence-electron chi connectivity index (χ2n) is 6.31. The number of hydrazone groups is 1. The molecule has 2 aromatic carbocycles. The summed E-state index contributed by atoms with van der Waals surface area (Å²) in [5.74, 6) is -0.598. The number of rotatable bonds is 5. The zero-order valence-electron chi connectivity index (χ0n) is 14.9. The first-order valence-electron chi connectivity index (χ1n) is 8.77. The number of benzene rings is 2. The lowest BCUT2D eigenvalue weighted by Crippen LogP contribution is -2.18. The summed E-state index contributed by atoms with van der Waals surface area (Å²) >= 11 is 0. The van der Waals surface area contributed by atoms with Crippen LogP contribution in [0.2, 0.25) is 0 Å². The van der Waals surface area contributed by atoms with Crippen molar-refractivity contribution in [2.45, 2.75) is 6.54 Å². The van der Waals surface area contributed by atoms with E-state index in [0.717, 1.165) is 22.0 Å². The van der Waals surface area contributed by atoms with Crippen molar-refractivity contribution in [3.05, 3.63) is 102 Å². The summed E-state index contributed by atoms with van der Waals surface area (Å²) in [4.78, 5) is 15.9. The molecule has 1 N–H and O–H groups in total. The molecule has 0 fully saturated rings. The molecule has 4 aromatic rings. The molecule has 2 aromatic heterocycles. The highest BCUT2D eigenvalue weighted by atomic mass is 19.1. The summed E-state index contributed by atoms with van der Waals surface area (Å²) in [7, 11) is 0. The molecule has 0 bridgehead atoms.